The first-order valence-corrected chi connectivity index (χ1v) is 7.38. The van der Waals surface area contributed by atoms with Gasteiger partial charge < -0.3 is 15.2 Å². The van der Waals surface area contributed by atoms with Crippen LogP contribution in [0.3, 0.4) is 0 Å². The number of carbonyl (C=O) groups is 2. The van der Waals surface area contributed by atoms with E-state index in [4.69, 9.17) is 10.5 Å². The largest absolute Gasteiger partial charge is 0.468 e. The third kappa shape index (κ3) is 3.90. The molecule has 0 fully saturated rings. The van der Waals surface area contributed by atoms with Crippen LogP contribution in [0.2, 0.25) is 0 Å². The lowest BCUT2D eigenvalue weighted by Crippen LogP contribution is -2.33. The Morgan fingerprint density at radius 3 is 2.52 bits per heavy atom. The van der Waals surface area contributed by atoms with Gasteiger partial charge in [0.05, 0.1) is 12.6 Å². The van der Waals surface area contributed by atoms with E-state index in [1.165, 1.54) is 11.7 Å². The van der Waals surface area contributed by atoms with Crippen LogP contribution in [0.5, 0.6) is 0 Å². The lowest BCUT2D eigenvalue weighted by molar-refractivity contribution is -0.142. The number of benzene rings is 1. The minimum absolute atomic E-state index is 0.281. The molecule has 23 heavy (non-hydrogen) atoms. The molecule has 2 N–H and O–H groups in total. The number of nitrogens with two attached hydrogens (primary N) is 1. The summed E-state index contributed by atoms with van der Waals surface area (Å²) < 4.78 is 11.5. The Bertz CT molecular complexity index is 728. The van der Waals surface area contributed by atoms with Crippen molar-refractivity contribution in [1.82, 2.24) is 4.57 Å². The number of rotatable bonds is 3. The summed E-state index contributed by atoms with van der Waals surface area (Å²) in [7, 11) is 1.30. The first-order valence-electron chi connectivity index (χ1n) is 7.38. The van der Waals surface area contributed by atoms with Crippen molar-refractivity contribution in [1.29, 1.82) is 0 Å². The number of para-hydroxylation sites is 1. The van der Waals surface area contributed by atoms with Gasteiger partial charge in [-0.25, -0.2) is 4.79 Å². The average molecular weight is 318 g/mol. The summed E-state index contributed by atoms with van der Waals surface area (Å²) in [5.41, 5.74) is 6.76. The van der Waals surface area contributed by atoms with E-state index in [1.54, 1.807) is 6.20 Å². The highest BCUT2D eigenvalue weighted by Gasteiger charge is 2.22. The molecular formula is C17H22N2O4. The van der Waals surface area contributed by atoms with Crippen molar-refractivity contribution in [3.05, 3.63) is 36.0 Å². The van der Waals surface area contributed by atoms with Crippen molar-refractivity contribution >= 4 is 23.0 Å². The quantitative estimate of drug-likeness (QED) is 0.879. The fourth-order valence-electron chi connectivity index (χ4n) is 2.35. The van der Waals surface area contributed by atoms with Gasteiger partial charge in [-0.1, -0.05) is 18.2 Å². The Morgan fingerprint density at radius 1 is 1.26 bits per heavy atom. The molecule has 0 radical (unpaired) electrons. The molecule has 1 atom stereocenters. The molecule has 1 heterocycles. The van der Waals surface area contributed by atoms with Crippen molar-refractivity contribution in [3.63, 3.8) is 0 Å². The molecule has 1 unspecified atom stereocenters. The average Bonchev–Trinajstić information content (AvgIpc) is 2.84. The van der Waals surface area contributed by atoms with E-state index in [-0.39, 0.29) is 6.42 Å². The molecule has 0 bridgehead atoms. The Kier molecular flexibility index (Phi) is 4.75. The molecule has 0 saturated carbocycles. The standard InChI is InChI=1S/C17H22N2O4/c1-17(2,3)23-16(21)19-10-11(9-13(18)15(20)22-4)12-7-5-6-8-14(12)19/h5-8,10,13H,9,18H2,1-4H3. The summed E-state index contributed by atoms with van der Waals surface area (Å²) in [5, 5.41) is 0.859. The minimum atomic E-state index is -0.780. The zero-order valence-electron chi connectivity index (χ0n) is 13.8. The van der Waals surface area contributed by atoms with Crippen LogP contribution in [0.15, 0.2) is 30.5 Å². The third-order valence-electron chi connectivity index (χ3n) is 3.33. The summed E-state index contributed by atoms with van der Waals surface area (Å²) in [6.45, 7) is 5.43. The highest BCUT2D eigenvalue weighted by Crippen LogP contribution is 2.23. The molecule has 1 aromatic heterocycles. The number of nitrogens with zero attached hydrogens (tertiary/aromatic N) is 1. The number of carbonyl (C=O) groups excluding carboxylic acids is 2. The van der Waals surface area contributed by atoms with Gasteiger partial charge in [-0.05, 0) is 32.4 Å². The molecule has 0 saturated heterocycles. The van der Waals surface area contributed by atoms with Crippen LogP contribution in [0.4, 0.5) is 4.79 Å². The molecular weight excluding hydrogens is 296 g/mol. The second kappa shape index (κ2) is 6.42. The molecule has 6 heteroatoms. The van der Waals surface area contributed by atoms with Gasteiger partial charge in [0.15, 0.2) is 0 Å². The summed E-state index contributed by atoms with van der Waals surface area (Å²) in [6, 6.07) is 6.64. The van der Waals surface area contributed by atoms with Crippen molar-refractivity contribution in [2.75, 3.05) is 7.11 Å². The predicted molar refractivity (Wildman–Crippen MR) is 87.3 cm³/mol. The van der Waals surface area contributed by atoms with Crippen LogP contribution >= 0.6 is 0 Å². The lowest BCUT2D eigenvalue weighted by Gasteiger charge is -2.19. The van der Waals surface area contributed by atoms with Crippen LogP contribution in [-0.4, -0.2) is 35.4 Å². The van der Waals surface area contributed by atoms with Crippen LogP contribution in [0.1, 0.15) is 26.3 Å². The van der Waals surface area contributed by atoms with Crippen molar-refractivity contribution in [2.24, 2.45) is 5.73 Å². The van der Waals surface area contributed by atoms with Gasteiger partial charge in [-0.2, -0.15) is 0 Å². The molecule has 0 amide bonds. The normalized spacial score (nSPS) is 12.9. The van der Waals surface area contributed by atoms with E-state index < -0.39 is 23.7 Å². The van der Waals surface area contributed by atoms with Gasteiger partial charge in [-0.3, -0.25) is 9.36 Å². The maximum Gasteiger partial charge on any atom is 0.419 e. The number of fused-ring (bicyclic) bond motifs is 1. The first-order chi connectivity index (χ1) is 10.7. The van der Waals surface area contributed by atoms with Crippen LogP contribution in [0, 0.1) is 0 Å². The molecule has 1 aromatic carbocycles. The Hall–Kier alpha value is -2.34. The van der Waals surface area contributed by atoms with E-state index in [1.807, 2.05) is 45.0 Å². The monoisotopic (exact) mass is 318 g/mol. The van der Waals surface area contributed by atoms with Crippen molar-refractivity contribution in [2.45, 2.75) is 38.8 Å². The van der Waals surface area contributed by atoms with E-state index in [9.17, 15) is 9.59 Å². The summed E-state index contributed by atoms with van der Waals surface area (Å²) in [5.74, 6) is -0.487. The van der Waals surface area contributed by atoms with E-state index >= 15 is 0 Å². The van der Waals surface area contributed by atoms with Gasteiger partial charge in [0.1, 0.15) is 11.6 Å². The minimum Gasteiger partial charge on any atom is -0.468 e. The van der Waals surface area contributed by atoms with Crippen LogP contribution < -0.4 is 5.73 Å². The molecule has 2 aromatic rings. The third-order valence-corrected chi connectivity index (χ3v) is 3.33. The van der Waals surface area contributed by atoms with Gasteiger partial charge in [0.2, 0.25) is 0 Å². The summed E-state index contributed by atoms with van der Waals surface area (Å²) in [6.07, 6.45) is 1.48. The maximum absolute atomic E-state index is 12.4. The van der Waals surface area contributed by atoms with E-state index in [0.717, 1.165) is 10.9 Å². The number of ether oxygens (including phenoxy) is 2. The number of hydrogen-bond donors (Lipinski definition) is 1. The second-order valence-corrected chi connectivity index (χ2v) is 6.36. The smallest absolute Gasteiger partial charge is 0.419 e. The number of methoxy groups -OCH3 is 1. The number of aromatic nitrogens is 1. The van der Waals surface area contributed by atoms with E-state index in [0.29, 0.717) is 5.52 Å². The molecule has 2 rings (SSSR count). The maximum atomic E-state index is 12.4. The Balaban J connectivity index is 2.40. The van der Waals surface area contributed by atoms with Gasteiger partial charge in [-0.15, -0.1) is 0 Å². The molecule has 0 aliphatic carbocycles. The van der Waals surface area contributed by atoms with E-state index in [2.05, 4.69) is 4.74 Å². The highest BCUT2D eigenvalue weighted by molar-refractivity contribution is 5.92. The zero-order valence-corrected chi connectivity index (χ0v) is 13.8. The van der Waals surface area contributed by atoms with Gasteiger partial charge in [0, 0.05) is 18.0 Å². The zero-order chi connectivity index (χ0) is 17.2. The van der Waals surface area contributed by atoms with Gasteiger partial charge in [0.25, 0.3) is 0 Å². The Morgan fingerprint density at radius 2 is 1.91 bits per heavy atom. The summed E-state index contributed by atoms with van der Waals surface area (Å²) >= 11 is 0. The van der Waals surface area contributed by atoms with Crippen LogP contribution in [0.25, 0.3) is 10.9 Å². The van der Waals surface area contributed by atoms with Crippen molar-refractivity contribution < 1.29 is 19.1 Å². The topological polar surface area (TPSA) is 83.5 Å². The van der Waals surface area contributed by atoms with Gasteiger partial charge >= 0.3 is 12.1 Å². The molecule has 0 aliphatic heterocycles. The molecule has 0 aliphatic rings. The van der Waals surface area contributed by atoms with Crippen molar-refractivity contribution in [3.8, 4) is 0 Å². The Labute approximate surface area is 135 Å². The highest BCUT2D eigenvalue weighted by atomic mass is 16.6. The SMILES string of the molecule is COC(=O)C(N)Cc1cn(C(=O)OC(C)(C)C)c2ccccc12. The molecule has 0 spiro atoms. The van der Waals surface area contributed by atoms with Crippen LogP contribution in [-0.2, 0) is 20.7 Å². The summed E-state index contributed by atoms with van der Waals surface area (Å²) in [4.78, 5) is 23.9. The fraction of sp³-hybridized carbons (Fsp3) is 0.412. The predicted octanol–water partition coefficient (Wildman–Crippen LogP) is 2.47. The number of hydrogen-bond acceptors (Lipinski definition) is 5. The lowest BCUT2D eigenvalue weighted by atomic mass is 10.1. The first kappa shape index (κ1) is 17.0. The molecule has 124 valence electrons. The number of esters is 1. The second-order valence-electron chi connectivity index (χ2n) is 6.36. The molecule has 6 nitrogen and oxygen atoms in total. The fourth-order valence-corrected chi connectivity index (χ4v) is 2.35.